The summed E-state index contributed by atoms with van der Waals surface area (Å²) in [5.41, 5.74) is 0. The quantitative estimate of drug-likeness (QED) is 0.431. The highest BCUT2D eigenvalue weighted by Crippen LogP contribution is 2.38. The minimum Gasteiger partial charge on any atom is -0.389 e. The fourth-order valence-corrected chi connectivity index (χ4v) is 3.76. The van der Waals surface area contributed by atoms with Gasteiger partial charge in [-0.15, -0.1) is 0 Å². The fourth-order valence-electron chi connectivity index (χ4n) is 3.76. The van der Waals surface area contributed by atoms with Gasteiger partial charge in [-0.3, -0.25) is 0 Å². The number of hydrogen-bond acceptors (Lipinski definition) is 6. The van der Waals surface area contributed by atoms with Crippen LogP contribution in [0.2, 0.25) is 0 Å². The van der Waals surface area contributed by atoms with E-state index < -0.39 is 36.5 Å². The number of aliphatic hydroxyl groups is 2. The van der Waals surface area contributed by atoms with Crippen LogP contribution in [0.25, 0.3) is 0 Å². The van der Waals surface area contributed by atoms with E-state index in [1.807, 2.05) is 0 Å². The molecule has 2 heterocycles. The summed E-state index contributed by atoms with van der Waals surface area (Å²) in [6.45, 7) is 7.11. The van der Waals surface area contributed by atoms with Crippen LogP contribution < -0.4 is 5.32 Å². The third-order valence-corrected chi connectivity index (χ3v) is 5.24. The van der Waals surface area contributed by atoms with Crippen LogP contribution in [0.1, 0.15) is 78.6 Å². The third-order valence-electron chi connectivity index (χ3n) is 5.24. The highest BCUT2D eigenvalue weighted by molar-refractivity contribution is 4.96. The van der Waals surface area contributed by atoms with Gasteiger partial charge in [-0.05, 0) is 26.8 Å². The van der Waals surface area contributed by atoms with Crippen LogP contribution in [0.15, 0.2) is 0 Å². The molecular formula is C20H39NO5. The maximum atomic E-state index is 10.3. The monoisotopic (exact) mass is 373 g/mol. The van der Waals surface area contributed by atoms with Crippen molar-refractivity contribution in [2.24, 2.45) is 0 Å². The van der Waals surface area contributed by atoms with Gasteiger partial charge in [0.05, 0.1) is 6.10 Å². The van der Waals surface area contributed by atoms with E-state index in [0.29, 0.717) is 6.54 Å². The van der Waals surface area contributed by atoms with Crippen LogP contribution >= 0.6 is 0 Å². The van der Waals surface area contributed by atoms with Crippen molar-refractivity contribution in [1.29, 1.82) is 0 Å². The molecule has 5 atom stereocenters. The SMILES string of the molecule is CCCCCCCCCCCNC[C@@H](O)[C@H]1O[C@@H]2OC(C)(C)O[C@@H]2[C@H]1O. The summed E-state index contributed by atoms with van der Waals surface area (Å²) < 4.78 is 16.9. The van der Waals surface area contributed by atoms with E-state index in [-0.39, 0.29) is 0 Å². The smallest absolute Gasteiger partial charge is 0.190 e. The Morgan fingerprint density at radius 3 is 2.19 bits per heavy atom. The van der Waals surface area contributed by atoms with E-state index in [0.717, 1.165) is 13.0 Å². The van der Waals surface area contributed by atoms with Crippen molar-refractivity contribution >= 4 is 0 Å². The fraction of sp³-hybridized carbons (Fsp3) is 1.00. The molecule has 0 spiro atoms. The highest BCUT2D eigenvalue weighted by Gasteiger charge is 2.55. The molecule has 0 aromatic carbocycles. The number of unbranched alkanes of at least 4 members (excludes halogenated alkanes) is 8. The Kier molecular flexibility index (Phi) is 9.27. The van der Waals surface area contributed by atoms with Crippen molar-refractivity contribution in [3.63, 3.8) is 0 Å². The van der Waals surface area contributed by atoms with Crippen molar-refractivity contribution in [1.82, 2.24) is 5.32 Å². The summed E-state index contributed by atoms with van der Waals surface area (Å²) in [6.07, 6.45) is 8.28. The van der Waals surface area contributed by atoms with Crippen LogP contribution in [-0.2, 0) is 14.2 Å². The molecule has 3 N–H and O–H groups in total. The number of aliphatic hydroxyl groups excluding tert-OH is 2. The standard InChI is InChI=1S/C20H39NO5/c1-4-5-6-7-8-9-10-11-12-13-21-14-15(22)17-16(23)18-19(24-17)26-20(2,3)25-18/h15-19,21-23H,4-14H2,1-3H3/t15-,16+,17-,18-,19-/m1/s1. The van der Waals surface area contributed by atoms with Gasteiger partial charge in [0.15, 0.2) is 12.1 Å². The molecule has 0 aromatic rings. The van der Waals surface area contributed by atoms with Gasteiger partial charge in [-0.25, -0.2) is 0 Å². The van der Waals surface area contributed by atoms with Gasteiger partial charge >= 0.3 is 0 Å². The number of hydrogen-bond donors (Lipinski definition) is 3. The van der Waals surface area contributed by atoms with E-state index in [4.69, 9.17) is 14.2 Å². The van der Waals surface area contributed by atoms with Crippen molar-refractivity contribution < 1.29 is 24.4 Å². The number of rotatable bonds is 13. The van der Waals surface area contributed by atoms with Gasteiger partial charge in [0, 0.05) is 6.54 Å². The summed E-state index contributed by atoms with van der Waals surface area (Å²) in [4.78, 5) is 0. The van der Waals surface area contributed by atoms with Gasteiger partial charge in [0.2, 0.25) is 0 Å². The first kappa shape index (κ1) is 22.1. The van der Waals surface area contributed by atoms with Crippen molar-refractivity contribution in [3.05, 3.63) is 0 Å². The first-order valence-corrected chi connectivity index (χ1v) is 10.5. The average molecular weight is 374 g/mol. The molecule has 6 heteroatoms. The zero-order valence-corrected chi connectivity index (χ0v) is 16.8. The molecule has 0 unspecified atom stereocenters. The largest absolute Gasteiger partial charge is 0.389 e. The van der Waals surface area contributed by atoms with Crippen LogP contribution in [0, 0.1) is 0 Å². The summed E-state index contributed by atoms with van der Waals surface area (Å²) in [5, 5.41) is 23.9. The van der Waals surface area contributed by atoms with Crippen molar-refractivity contribution in [3.8, 4) is 0 Å². The molecule has 0 aromatic heterocycles. The molecule has 2 aliphatic rings. The van der Waals surface area contributed by atoms with Crippen LogP contribution in [0.5, 0.6) is 0 Å². The molecule has 0 amide bonds. The van der Waals surface area contributed by atoms with E-state index in [1.165, 1.54) is 51.4 Å². The summed E-state index contributed by atoms with van der Waals surface area (Å²) in [7, 11) is 0. The third kappa shape index (κ3) is 6.73. The van der Waals surface area contributed by atoms with E-state index in [2.05, 4.69) is 12.2 Å². The lowest BCUT2D eigenvalue weighted by Crippen LogP contribution is -2.45. The maximum Gasteiger partial charge on any atom is 0.190 e. The van der Waals surface area contributed by atoms with Crippen molar-refractivity contribution in [2.45, 2.75) is 115 Å². The minimum absolute atomic E-state index is 0.404. The first-order chi connectivity index (χ1) is 12.4. The zero-order valence-electron chi connectivity index (χ0n) is 16.8. The number of nitrogens with one attached hydrogen (secondary N) is 1. The van der Waals surface area contributed by atoms with Crippen LogP contribution in [0.3, 0.4) is 0 Å². The maximum absolute atomic E-state index is 10.3. The van der Waals surface area contributed by atoms with Gasteiger partial charge in [-0.2, -0.15) is 0 Å². The lowest BCUT2D eigenvalue weighted by atomic mass is 10.1. The molecule has 0 radical (unpaired) electrons. The predicted molar refractivity (Wildman–Crippen MR) is 101 cm³/mol. The van der Waals surface area contributed by atoms with Crippen LogP contribution in [0.4, 0.5) is 0 Å². The Hall–Kier alpha value is -0.240. The minimum atomic E-state index is -0.869. The number of fused-ring (bicyclic) bond motifs is 1. The summed E-state index contributed by atoms with van der Waals surface area (Å²) >= 11 is 0. The summed E-state index contributed by atoms with van der Waals surface area (Å²) in [5.74, 6) is -0.750. The van der Waals surface area contributed by atoms with Gasteiger partial charge in [0.1, 0.15) is 18.3 Å². The molecule has 2 saturated heterocycles. The van der Waals surface area contributed by atoms with E-state index in [1.54, 1.807) is 13.8 Å². The lowest BCUT2D eigenvalue weighted by Gasteiger charge is -2.26. The molecule has 0 aliphatic carbocycles. The molecule has 0 bridgehead atoms. The first-order valence-electron chi connectivity index (χ1n) is 10.5. The lowest BCUT2D eigenvalue weighted by molar-refractivity contribution is -0.225. The Balaban J connectivity index is 1.48. The van der Waals surface area contributed by atoms with Gasteiger partial charge in [-0.1, -0.05) is 58.3 Å². The Morgan fingerprint density at radius 2 is 1.58 bits per heavy atom. The zero-order chi connectivity index (χ0) is 19.0. The normalized spacial score (nSPS) is 31.3. The Labute approximate surface area is 158 Å². The Bertz CT molecular complexity index is 392. The predicted octanol–water partition coefficient (Wildman–Crippen LogP) is 2.71. The molecular weight excluding hydrogens is 334 g/mol. The molecule has 0 saturated carbocycles. The van der Waals surface area contributed by atoms with E-state index in [9.17, 15) is 10.2 Å². The highest BCUT2D eigenvalue weighted by atomic mass is 16.8. The van der Waals surface area contributed by atoms with E-state index >= 15 is 0 Å². The summed E-state index contributed by atoms with van der Waals surface area (Å²) in [6, 6.07) is 0. The molecule has 2 rings (SSSR count). The van der Waals surface area contributed by atoms with Crippen LogP contribution in [-0.4, -0.2) is 59.8 Å². The van der Waals surface area contributed by atoms with Gasteiger partial charge in [0.25, 0.3) is 0 Å². The van der Waals surface area contributed by atoms with Crippen molar-refractivity contribution in [2.75, 3.05) is 13.1 Å². The second-order valence-electron chi connectivity index (χ2n) is 8.16. The second-order valence-corrected chi connectivity index (χ2v) is 8.16. The molecule has 2 aliphatic heterocycles. The average Bonchev–Trinajstić information content (AvgIpc) is 3.05. The Morgan fingerprint density at radius 1 is 0.962 bits per heavy atom. The molecule has 6 nitrogen and oxygen atoms in total. The molecule has 154 valence electrons. The topological polar surface area (TPSA) is 80.2 Å². The van der Waals surface area contributed by atoms with Gasteiger partial charge < -0.3 is 29.7 Å². The number of ether oxygens (including phenoxy) is 3. The molecule has 2 fully saturated rings. The second kappa shape index (κ2) is 10.9. The molecule has 26 heavy (non-hydrogen) atoms.